The van der Waals surface area contributed by atoms with Crippen LogP contribution in [0.2, 0.25) is 0 Å². The minimum absolute atomic E-state index is 1.08. The minimum atomic E-state index is 1.08. The lowest BCUT2D eigenvalue weighted by molar-refractivity contribution is 1.06. The van der Waals surface area contributed by atoms with E-state index in [0.717, 1.165) is 6.42 Å². The molecular formula is C25H19NS2. The molecule has 0 aliphatic carbocycles. The Kier molecular flexibility index (Phi) is 4.86. The average Bonchev–Trinajstić information content (AvgIpc) is 2.76. The smallest absolute Gasteiger partial charge is 0.0526 e. The molecule has 2 heterocycles. The summed E-state index contributed by atoms with van der Waals surface area (Å²) in [5.74, 6) is 0. The Morgan fingerprint density at radius 1 is 0.464 bits per heavy atom. The summed E-state index contributed by atoms with van der Waals surface area (Å²) in [6.45, 7) is 0. The van der Waals surface area contributed by atoms with Crippen LogP contribution in [-0.4, -0.2) is 0 Å². The highest BCUT2D eigenvalue weighted by molar-refractivity contribution is 8.00. The first-order chi connectivity index (χ1) is 13.9. The maximum Gasteiger partial charge on any atom is 0.0526 e. The third-order valence-electron chi connectivity index (χ3n) is 4.81. The molecule has 6 rings (SSSR count). The van der Waals surface area contributed by atoms with Gasteiger partial charge in [0.25, 0.3) is 0 Å². The molecule has 0 unspecified atom stereocenters. The molecule has 0 saturated heterocycles. The van der Waals surface area contributed by atoms with Crippen molar-refractivity contribution in [2.24, 2.45) is 0 Å². The molecule has 2 aliphatic rings. The zero-order valence-corrected chi connectivity index (χ0v) is 16.9. The highest BCUT2D eigenvalue weighted by Crippen LogP contribution is 2.43. The first-order valence-electron chi connectivity index (χ1n) is 9.33. The van der Waals surface area contributed by atoms with Gasteiger partial charge in [-0.3, -0.25) is 0 Å². The van der Waals surface area contributed by atoms with Gasteiger partial charge >= 0.3 is 0 Å². The van der Waals surface area contributed by atoms with E-state index in [4.69, 9.17) is 0 Å². The van der Waals surface area contributed by atoms with E-state index in [1.165, 1.54) is 42.1 Å². The molecule has 28 heavy (non-hydrogen) atoms. The van der Waals surface area contributed by atoms with Crippen LogP contribution in [0.3, 0.4) is 0 Å². The fraction of sp³-hybridized carbons (Fsp3) is 0.0400. The highest BCUT2D eigenvalue weighted by atomic mass is 32.2. The monoisotopic (exact) mass is 397 g/mol. The van der Waals surface area contributed by atoms with Crippen molar-refractivity contribution in [2.45, 2.75) is 26.0 Å². The van der Waals surface area contributed by atoms with Crippen molar-refractivity contribution in [1.29, 1.82) is 0 Å². The number of para-hydroxylation sites is 2. The molecule has 4 aromatic rings. The summed E-state index contributed by atoms with van der Waals surface area (Å²) in [6, 6.07) is 34.1. The molecule has 136 valence electrons. The Bertz CT molecular complexity index is 870. The topological polar surface area (TPSA) is 12.0 Å². The minimum Gasteiger partial charge on any atom is -0.354 e. The lowest BCUT2D eigenvalue weighted by atomic mass is 10.0. The second kappa shape index (κ2) is 7.78. The van der Waals surface area contributed by atoms with E-state index in [9.17, 15) is 0 Å². The maximum atomic E-state index is 3.42. The average molecular weight is 398 g/mol. The number of rotatable bonds is 0. The standard InChI is InChI=1S/C13H10S.C12H9NS/c1-3-7-12-10(5-1)9-11-6-2-4-8-13(11)14-12;1-3-7-11-9(5-1)13-10-6-2-4-8-12(10)14-11/h1-8H,9H2;1-8,13H. The Morgan fingerprint density at radius 2 is 0.857 bits per heavy atom. The summed E-state index contributed by atoms with van der Waals surface area (Å²) < 4.78 is 0. The largest absolute Gasteiger partial charge is 0.354 e. The second-order valence-electron chi connectivity index (χ2n) is 6.71. The zero-order chi connectivity index (χ0) is 18.8. The Morgan fingerprint density at radius 3 is 1.39 bits per heavy atom. The molecule has 1 N–H and O–H groups in total. The third-order valence-corrected chi connectivity index (χ3v) is 7.20. The van der Waals surface area contributed by atoms with Crippen LogP contribution < -0.4 is 5.32 Å². The molecular weight excluding hydrogens is 378 g/mol. The van der Waals surface area contributed by atoms with E-state index in [0.29, 0.717) is 0 Å². The van der Waals surface area contributed by atoms with Crippen molar-refractivity contribution in [2.75, 3.05) is 5.32 Å². The zero-order valence-electron chi connectivity index (χ0n) is 15.3. The number of hydrogen-bond acceptors (Lipinski definition) is 3. The van der Waals surface area contributed by atoms with Crippen LogP contribution in [0, 0.1) is 0 Å². The van der Waals surface area contributed by atoms with E-state index in [2.05, 4.69) is 102 Å². The normalized spacial score (nSPS) is 12.9. The quantitative estimate of drug-likeness (QED) is 0.283. The molecule has 1 nitrogen and oxygen atoms in total. The molecule has 0 atom stereocenters. The number of benzene rings is 4. The van der Waals surface area contributed by atoms with Crippen molar-refractivity contribution in [3.05, 3.63) is 108 Å². The molecule has 0 saturated carbocycles. The second-order valence-corrected chi connectivity index (χ2v) is 8.88. The van der Waals surface area contributed by atoms with Gasteiger partial charge in [-0.1, -0.05) is 84.2 Å². The summed E-state index contributed by atoms with van der Waals surface area (Å²) in [5.41, 5.74) is 5.32. The fourth-order valence-electron chi connectivity index (χ4n) is 3.40. The van der Waals surface area contributed by atoms with E-state index in [1.807, 2.05) is 23.5 Å². The molecule has 0 amide bonds. The number of hydrogen-bond donors (Lipinski definition) is 1. The van der Waals surface area contributed by atoms with Crippen LogP contribution in [0.15, 0.2) is 117 Å². The van der Waals surface area contributed by atoms with E-state index in [1.54, 1.807) is 0 Å². The number of nitrogens with one attached hydrogen (secondary N) is 1. The van der Waals surface area contributed by atoms with Crippen LogP contribution in [0.4, 0.5) is 11.4 Å². The summed E-state index contributed by atoms with van der Waals surface area (Å²) in [4.78, 5) is 5.41. The predicted molar refractivity (Wildman–Crippen MR) is 120 cm³/mol. The summed E-state index contributed by atoms with van der Waals surface area (Å²) in [5, 5.41) is 3.42. The third kappa shape index (κ3) is 3.56. The van der Waals surface area contributed by atoms with Crippen molar-refractivity contribution < 1.29 is 0 Å². The van der Waals surface area contributed by atoms with Gasteiger partial charge < -0.3 is 5.32 Å². The van der Waals surface area contributed by atoms with Gasteiger partial charge in [0.15, 0.2) is 0 Å². The molecule has 0 fully saturated rings. The molecule has 0 radical (unpaired) electrons. The first kappa shape index (κ1) is 17.5. The van der Waals surface area contributed by atoms with Crippen molar-refractivity contribution in [1.82, 2.24) is 0 Å². The highest BCUT2D eigenvalue weighted by Gasteiger charge is 2.14. The molecule has 2 aliphatic heterocycles. The molecule has 0 spiro atoms. The van der Waals surface area contributed by atoms with E-state index < -0.39 is 0 Å². The van der Waals surface area contributed by atoms with E-state index >= 15 is 0 Å². The van der Waals surface area contributed by atoms with E-state index in [-0.39, 0.29) is 0 Å². The molecule has 4 aromatic carbocycles. The lowest BCUT2D eigenvalue weighted by Gasteiger charge is -2.19. The van der Waals surface area contributed by atoms with Crippen molar-refractivity contribution in [3.63, 3.8) is 0 Å². The van der Waals surface area contributed by atoms with Gasteiger partial charge in [0.05, 0.1) is 11.4 Å². The molecule has 0 aromatic heterocycles. The number of anilines is 2. The fourth-order valence-corrected chi connectivity index (χ4v) is 5.46. The van der Waals surface area contributed by atoms with Crippen LogP contribution in [0.5, 0.6) is 0 Å². The van der Waals surface area contributed by atoms with Crippen molar-refractivity contribution in [3.8, 4) is 0 Å². The van der Waals surface area contributed by atoms with Crippen LogP contribution in [0.25, 0.3) is 0 Å². The van der Waals surface area contributed by atoms with Gasteiger partial charge in [0.2, 0.25) is 0 Å². The Balaban J connectivity index is 0.000000122. The SMILES string of the molecule is c1ccc2c(c1)Cc1ccccc1S2.c1ccc2c(c1)Nc1ccccc1S2. The van der Waals surface area contributed by atoms with Gasteiger partial charge in [-0.25, -0.2) is 0 Å². The molecule has 3 heteroatoms. The van der Waals surface area contributed by atoms with Gasteiger partial charge in [-0.05, 0) is 53.9 Å². The maximum absolute atomic E-state index is 3.42. The first-order valence-corrected chi connectivity index (χ1v) is 11.0. The van der Waals surface area contributed by atoms with Crippen molar-refractivity contribution >= 4 is 34.9 Å². The Hall–Kier alpha value is -2.62. The van der Waals surface area contributed by atoms with Crippen LogP contribution in [0.1, 0.15) is 11.1 Å². The predicted octanol–water partition coefficient (Wildman–Crippen LogP) is 7.64. The van der Waals surface area contributed by atoms with Gasteiger partial charge in [0, 0.05) is 19.6 Å². The van der Waals surface area contributed by atoms with Crippen LogP contribution >= 0.6 is 23.5 Å². The van der Waals surface area contributed by atoms with Gasteiger partial charge in [-0.15, -0.1) is 0 Å². The van der Waals surface area contributed by atoms with Gasteiger partial charge in [-0.2, -0.15) is 0 Å². The molecule has 0 bridgehead atoms. The summed E-state index contributed by atoms with van der Waals surface area (Å²) >= 11 is 3.70. The lowest BCUT2D eigenvalue weighted by Crippen LogP contribution is -1.98. The Labute approximate surface area is 174 Å². The summed E-state index contributed by atoms with van der Waals surface area (Å²) in [7, 11) is 0. The van der Waals surface area contributed by atoms with Gasteiger partial charge in [0.1, 0.15) is 0 Å². The number of fused-ring (bicyclic) bond motifs is 4. The van der Waals surface area contributed by atoms with Crippen LogP contribution in [-0.2, 0) is 6.42 Å². The summed E-state index contributed by atoms with van der Waals surface area (Å²) in [6.07, 6.45) is 1.08.